The number of halogens is 3. The van der Waals surface area contributed by atoms with E-state index in [0.717, 1.165) is 17.7 Å². The van der Waals surface area contributed by atoms with E-state index in [4.69, 9.17) is 0 Å². The molecule has 1 amide bonds. The Bertz CT molecular complexity index is 782. The summed E-state index contributed by atoms with van der Waals surface area (Å²) >= 11 is 0. The number of hydrogen-bond donors (Lipinski definition) is 1. The molecule has 0 aliphatic heterocycles. The van der Waals surface area contributed by atoms with Crippen LogP contribution in [0.3, 0.4) is 0 Å². The van der Waals surface area contributed by atoms with Crippen molar-refractivity contribution in [3.05, 3.63) is 70.8 Å². The summed E-state index contributed by atoms with van der Waals surface area (Å²) in [5.74, 6) is -0.526. The lowest BCUT2D eigenvalue weighted by molar-refractivity contribution is -0.137. The third-order valence-corrected chi connectivity index (χ3v) is 4.04. The van der Waals surface area contributed by atoms with E-state index in [2.05, 4.69) is 5.32 Å². The first-order valence-electron chi connectivity index (χ1n) is 8.23. The SMILES string of the molecule is Cc1ccc(C(=O)CCC(=O)NC(C)c2cccc(C(F)(F)F)c2)cc1. The molecule has 3 nitrogen and oxygen atoms in total. The van der Waals surface area contributed by atoms with Gasteiger partial charge in [0.25, 0.3) is 0 Å². The highest BCUT2D eigenvalue weighted by Crippen LogP contribution is 2.30. The van der Waals surface area contributed by atoms with Crippen LogP contribution in [0, 0.1) is 6.92 Å². The molecule has 2 aromatic carbocycles. The lowest BCUT2D eigenvalue weighted by atomic mass is 10.0. The van der Waals surface area contributed by atoms with Gasteiger partial charge in [-0.15, -0.1) is 0 Å². The van der Waals surface area contributed by atoms with Gasteiger partial charge in [-0.05, 0) is 31.5 Å². The molecule has 1 atom stereocenters. The third kappa shape index (κ3) is 5.44. The molecule has 0 fully saturated rings. The van der Waals surface area contributed by atoms with Gasteiger partial charge < -0.3 is 5.32 Å². The van der Waals surface area contributed by atoms with E-state index in [0.29, 0.717) is 11.1 Å². The monoisotopic (exact) mass is 363 g/mol. The number of hydrogen-bond acceptors (Lipinski definition) is 2. The predicted molar refractivity (Wildman–Crippen MR) is 92.7 cm³/mol. The van der Waals surface area contributed by atoms with E-state index in [1.165, 1.54) is 12.1 Å². The maximum atomic E-state index is 12.8. The molecule has 1 unspecified atom stereocenters. The van der Waals surface area contributed by atoms with Crippen LogP contribution < -0.4 is 5.32 Å². The van der Waals surface area contributed by atoms with Crippen LogP contribution in [0.5, 0.6) is 0 Å². The fourth-order valence-electron chi connectivity index (χ4n) is 2.49. The highest BCUT2D eigenvalue weighted by molar-refractivity contribution is 5.98. The summed E-state index contributed by atoms with van der Waals surface area (Å²) in [5.41, 5.74) is 1.17. The molecule has 0 spiro atoms. The molecule has 6 heteroatoms. The zero-order chi connectivity index (χ0) is 19.3. The van der Waals surface area contributed by atoms with Crippen LogP contribution in [0.1, 0.15) is 52.9 Å². The fraction of sp³-hybridized carbons (Fsp3) is 0.300. The van der Waals surface area contributed by atoms with Crippen molar-refractivity contribution in [2.45, 2.75) is 38.9 Å². The van der Waals surface area contributed by atoms with Crippen molar-refractivity contribution in [3.8, 4) is 0 Å². The van der Waals surface area contributed by atoms with E-state index in [9.17, 15) is 22.8 Å². The molecule has 2 rings (SSSR count). The Morgan fingerprint density at radius 2 is 1.69 bits per heavy atom. The first-order chi connectivity index (χ1) is 12.2. The first-order valence-corrected chi connectivity index (χ1v) is 8.23. The summed E-state index contributed by atoms with van der Waals surface area (Å²) in [7, 11) is 0. The minimum absolute atomic E-state index is 0.0178. The van der Waals surface area contributed by atoms with Gasteiger partial charge in [0.2, 0.25) is 5.91 Å². The van der Waals surface area contributed by atoms with E-state index in [1.807, 2.05) is 19.1 Å². The van der Waals surface area contributed by atoms with Crippen LogP contribution in [0.15, 0.2) is 48.5 Å². The van der Waals surface area contributed by atoms with Gasteiger partial charge in [-0.2, -0.15) is 13.2 Å². The minimum Gasteiger partial charge on any atom is -0.350 e. The van der Waals surface area contributed by atoms with E-state index in [-0.39, 0.29) is 24.5 Å². The first kappa shape index (κ1) is 19.7. The molecule has 26 heavy (non-hydrogen) atoms. The van der Waals surface area contributed by atoms with Crippen molar-refractivity contribution in [1.82, 2.24) is 5.32 Å². The smallest absolute Gasteiger partial charge is 0.350 e. The summed E-state index contributed by atoms with van der Waals surface area (Å²) in [5, 5.41) is 2.63. The number of Topliss-reactive ketones (excluding diaryl/α,β-unsaturated/α-hetero) is 1. The highest BCUT2D eigenvalue weighted by Gasteiger charge is 2.30. The van der Waals surface area contributed by atoms with Gasteiger partial charge >= 0.3 is 6.18 Å². The van der Waals surface area contributed by atoms with Crippen LogP contribution in [-0.2, 0) is 11.0 Å². The van der Waals surface area contributed by atoms with Crippen molar-refractivity contribution in [2.75, 3.05) is 0 Å². The molecule has 0 bridgehead atoms. The molecule has 0 aliphatic carbocycles. The molecule has 138 valence electrons. The summed E-state index contributed by atoms with van der Waals surface area (Å²) in [6, 6.07) is 11.3. The van der Waals surface area contributed by atoms with Gasteiger partial charge in [0.1, 0.15) is 0 Å². The Kier molecular flexibility index (Phi) is 6.18. The lowest BCUT2D eigenvalue weighted by Crippen LogP contribution is -2.27. The predicted octanol–water partition coefficient (Wildman–Crippen LogP) is 4.85. The van der Waals surface area contributed by atoms with E-state index in [1.54, 1.807) is 19.1 Å². The van der Waals surface area contributed by atoms with Crippen LogP contribution >= 0.6 is 0 Å². The molecule has 0 saturated carbocycles. The Morgan fingerprint density at radius 3 is 2.31 bits per heavy atom. The Labute approximate surface area is 150 Å². The standard InChI is InChI=1S/C20H20F3NO2/c1-13-6-8-15(9-7-13)18(25)10-11-19(26)24-14(2)16-4-3-5-17(12-16)20(21,22)23/h3-9,12,14H,10-11H2,1-2H3,(H,24,26). The largest absolute Gasteiger partial charge is 0.416 e. The fourth-order valence-corrected chi connectivity index (χ4v) is 2.49. The van der Waals surface area contributed by atoms with Crippen molar-refractivity contribution < 1.29 is 22.8 Å². The summed E-state index contributed by atoms with van der Waals surface area (Å²) < 4.78 is 38.3. The second-order valence-electron chi connectivity index (χ2n) is 6.20. The summed E-state index contributed by atoms with van der Waals surface area (Å²) in [6.07, 6.45) is -4.40. The number of carbonyl (C=O) groups is 2. The summed E-state index contributed by atoms with van der Waals surface area (Å²) in [6.45, 7) is 3.52. The van der Waals surface area contributed by atoms with Crippen molar-refractivity contribution in [3.63, 3.8) is 0 Å². The zero-order valence-electron chi connectivity index (χ0n) is 14.6. The van der Waals surface area contributed by atoms with Crippen LogP contribution in [0.2, 0.25) is 0 Å². The van der Waals surface area contributed by atoms with E-state index < -0.39 is 17.8 Å². The van der Waals surface area contributed by atoms with Crippen LogP contribution in [-0.4, -0.2) is 11.7 Å². The number of alkyl halides is 3. The topological polar surface area (TPSA) is 46.2 Å². The Balaban J connectivity index is 1.91. The number of benzene rings is 2. The molecule has 0 aliphatic rings. The number of aryl methyl sites for hydroxylation is 1. The van der Waals surface area contributed by atoms with Crippen molar-refractivity contribution in [2.24, 2.45) is 0 Å². The highest BCUT2D eigenvalue weighted by atomic mass is 19.4. The Morgan fingerprint density at radius 1 is 1.04 bits per heavy atom. The van der Waals surface area contributed by atoms with Crippen molar-refractivity contribution >= 4 is 11.7 Å². The average Bonchev–Trinajstić information content (AvgIpc) is 2.59. The number of ketones is 1. The second-order valence-corrected chi connectivity index (χ2v) is 6.20. The van der Waals surface area contributed by atoms with Crippen LogP contribution in [0.25, 0.3) is 0 Å². The van der Waals surface area contributed by atoms with Crippen molar-refractivity contribution in [1.29, 1.82) is 0 Å². The number of rotatable bonds is 6. The van der Waals surface area contributed by atoms with Crippen LogP contribution in [0.4, 0.5) is 13.2 Å². The van der Waals surface area contributed by atoms with Gasteiger partial charge in [-0.3, -0.25) is 9.59 Å². The second kappa shape index (κ2) is 8.17. The summed E-state index contributed by atoms with van der Waals surface area (Å²) in [4.78, 5) is 24.1. The normalized spacial score (nSPS) is 12.5. The minimum atomic E-state index is -4.43. The average molecular weight is 363 g/mol. The third-order valence-electron chi connectivity index (χ3n) is 4.04. The molecule has 2 aromatic rings. The number of carbonyl (C=O) groups excluding carboxylic acids is 2. The molecule has 0 radical (unpaired) electrons. The van der Waals surface area contributed by atoms with E-state index >= 15 is 0 Å². The number of amides is 1. The van der Waals surface area contributed by atoms with Gasteiger partial charge in [-0.25, -0.2) is 0 Å². The lowest BCUT2D eigenvalue weighted by Gasteiger charge is -2.16. The molecular formula is C20H20F3NO2. The van der Waals surface area contributed by atoms with Gasteiger partial charge in [0.15, 0.2) is 5.78 Å². The van der Waals surface area contributed by atoms with Gasteiger partial charge in [0.05, 0.1) is 11.6 Å². The Hall–Kier alpha value is -2.63. The van der Waals surface area contributed by atoms with Gasteiger partial charge in [-0.1, -0.05) is 42.0 Å². The number of nitrogens with one attached hydrogen (secondary N) is 1. The molecular weight excluding hydrogens is 343 g/mol. The molecule has 0 aromatic heterocycles. The quantitative estimate of drug-likeness (QED) is 0.746. The maximum Gasteiger partial charge on any atom is 0.416 e. The maximum absolute atomic E-state index is 12.8. The zero-order valence-corrected chi connectivity index (χ0v) is 14.6. The molecule has 1 N–H and O–H groups in total. The van der Waals surface area contributed by atoms with Gasteiger partial charge in [0, 0.05) is 18.4 Å². The molecule has 0 heterocycles. The molecule has 0 saturated heterocycles.